The van der Waals surface area contributed by atoms with Gasteiger partial charge in [0.05, 0.1) is 17.3 Å². The lowest BCUT2D eigenvalue weighted by atomic mass is 9.91. The van der Waals surface area contributed by atoms with Gasteiger partial charge in [0.1, 0.15) is 11.6 Å². The summed E-state index contributed by atoms with van der Waals surface area (Å²) >= 11 is 6.51. The van der Waals surface area contributed by atoms with E-state index >= 15 is 0 Å². The summed E-state index contributed by atoms with van der Waals surface area (Å²) in [5.41, 5.74) is 2.23. The summed E-state index contributed by atoms with van der Waals surface area (Å²) in [6.07, 6.45) is 8.11. The van der Waals surface area contributed by atoms with Crippen LogP contribution in [0.4, 0.5) is 15.9 Å². The minimum atomic E-state index is -0.254. The lowest BCUT2D eigenvalue weighted by Gasteiger charge is -2.30. The summed E-state index contributed by atoms with van der Waals surface area (Å²) in [6, 6.07) is 8.03. The molecule has 0 atom stereocenters. The van der Waals surface area contributed by atoms with Gasteiger partial charge >= 0.3 is 0 Å². The van der Waals surface area contributed by atoms with Crippen molar-refractivity contribution in [1.29, 1.82) is 0 Å². The van der Waals surface area contributed by atoms with Gasteiger partial charge in [-0.1, -0.05) is 17.7 Å². The number of aromatic nitrogens is 1. The highest BCUT2D eigenvalue weighted by Crippen LogP contribution is 2.33. The van der Waals surface area contributed by atoms with Gasteiger partial charge < -0.3 is 25.4 Å². The Kier molecular flexibility index (Phi) is 9.39. The van der Waals surface area contributed by atoms with E-state index < -0.39 is 0 Å². The van der Waals surface area contributed by atoms with E-state index in [1.165, 1.54) is 6.07 Å². The third kappa shape index (κ3) is 7.04. The summed E-state index contributed by atoms with van der Waals surface area (Å²) in [5, 5.41) is 11.0. The summed E-state index contributed by atoms with van der Waals surface area (Å²) in [6.45, 7) is 3.94. The number of rotatable bonds is 10. The molecule has 1 aromatic carbocycles. The van der Waals surface area contributed by atoms with Gasteiger partial charge in [0.15, 0.2) is 0 Å². The zero-order valence-electron chi connectivity index (χ0n) is 19.9. The monoisotopic (exact) mass is 490 g/mol. The van der Waals surface area contributed by atoms with Crippen LogP contribution in [0.15, 0.2) is 30.5 Å². The molecule has 6 nitrogen and oxygen atoms in total. The Morgan fingerprint density at radius 1 is 1.09 bits per heavy atom. The summed E-state index contributed by atoms with van der Waals surface area (Å²) < 4.78 is 25.0. The van der Waals surface area contributed by atoms with Crippen molar-refractivity contribution in [2.24, 2.45) is 5.92 Å². The topological polar surface area (TPSA) is 67.4 Å². The van der Waals surface area contributed by atoms with Gasteiger partial charge in [-0.15, -0.1) is 0 Å². The number of anilines is 2. The first-order valence-electron chi connectivity index (χ1n) is 12.4. The number of ether oxygens (including phenoxy) is 2. The average Bonchev–Trinajstić information content (AvgIpc) is 2.87. The van der Waals surface area contributed by atoms with Crippen molar-refractivity contribution in [2.75, 3.05) is 50.7 Å². The van der Waals surface area contributed by atoms with Crippen LogP contribution in [0.2, 0.25) is 5.02 Å². The fourth-order valence-corrected chi connectivity index (χ4v) is 5.00. The molecule has 1 saturated carbocycles. The first kappa shape index (κ1) is 25.2. The molecule has 0 unspecified atom stereocenters. The maximum Gasteiger partial charge on any atom is 0.146 e. The SMILES string of the molecule is COCCNC1CCC(Nc2cc(-c3ccc(F)c(NCC4CCOCC4)c3)c(Cl)cn2)CC1. The highest BCUT2D eigenvalue weighted by atomic mass is 35.5. The fraction of sp³-hybridized carbons (Fsp3) is 0.577. The number of benzene rings is 1. The Balaban J connectivity index is 1.38. The van der Waals surface area contributed by atoms with E-state index in [2.05, 4.69) is 20.9 Å². The van der Waals surface area contributed by atoms with Crippen LogP contribution >= 0.6 is 11.6 Å². The Morgan fingerprint density at radius 3 is 2.62 bits per heavy atom. The molecule has 2 fully saturated rings. The maximum absolute atomic E-state index is 14.5. The van der Waals surface area contributed by atoms with Gasteiger partial charge in [-0.3, -0.25) is 0 Å². The normalized spacial score (nSPS) is 21.4. The van der Waals surface area contributed by atoms with Gasteiger partial charge in [0, 0.05) is 57.3 Å². The average molecular weight is 491 g/mol. The van der Waals surface area contributed by atoms with Gasteiger partial charge in [0.2, 0.25) is 0 Å². The molecular formula is C26H36ClFN4O2. The molecule has 3 N–H and O–H groups in total. The molecule has 186 valence electrons. The van der Waals surface area contributed by atoms with E-state index in [-0.39, 0.29) is 5.82 Å². The van der Waals surface area contributed by atoms with Crippen LogP contribution in [0.5, 0.6) is 0 Å². The quantitative estimate of drug-likeness (QED) is 0.391. The molecule has 4 rings (SSSR count). The molecule has 8 heteroatoms. The summed E-state index contributed by atoms with van der Waals surface area (Å²) in [7, 11) is 1.73. The lowest BCUT2D eigenvalue weighted by Crippen LogP contribution is -2.38. The fourth-order valence-electron chi connectivity index (χ4n) is 4.79. The maximum atomic E-state index is 14.5. The number of nitrogens with one attached hydrogen (secondary N) is 3. The Hall–Kier alpha value is -1.93. The zero-order chi connectivity index (χ0) is 23.8. The smallest absolute Gasteiger partial charge is 0.146 e. The molecule has 1 aromatic heterocycles. The van der Waals surface area contributed by atoms with Crippen molar-refractivity contribution < 1.29 is 13.9 Å². The van der Waals surface area contributed by atoms with Crippen molar-refractivity contribution >= 4 is 23.1 Å². The molecule has 1 saturated heterocycles. The van der Waals surface area contributed by atoms with E-state index in [1.54, 1.807) is 19.4 Å². The second-order valence-corrected chi connectivity index (χ2v) is 9.73. The number of methoxy groups -OCH3 is 1. The summed E-state index contributed by atoms with van der Waals surface area (Å²) in [4.78, 5) is 4.50. The largest absolute Gasteiger partial charge is 0.383 e. The second kappa shape index (κ2) is 12.7. The number of hydrogen-bond donors (Lipinski definition) is 3. The number of nitrogens with zero attached hydrogens (tertiary/aromatic N) is 1. The Bertz CT molecular complexity index is 918. The highest BCUT2D eigenvalue weighted by molar-refractivity contribution is 6.33. The predicted molar refractivity (Wildman–Crippen MR) is 136 cm³/mol. The number of hydrogen-bond acceptors (Lipinski definition) is 6. The molecule has 0 radical (unpaired) electrons. The van der Waals surface area contributed by atoms with Gasteiger partial charge in [-0.25, -0.2) is 9.37 Å². The van der Waals surface area contributed by atoms with Crippen LogP contribution < -0.4 is 16.0 Å². The first-order valence-corrected chi connectivity index (χ1v) is 12.8. The van der Waals surface area contributed by atoms with Crippen molar-refractivity contribution in [3.63, 3.8) is 0 Å². The third-order valence-corrected chi connectivity index (χ3v) is 7.17. The van der Waals surface area contributed by atoms with Crippen LogP contribution in [0.1, 0.15) is 38.5 Å². The molecule has 0 spiro atoms. The number of halogens is 2. The molecule has 1 aliphatic carbocycles. The molecular weight excluding hydrogens is 455 g/mol. The molecule has 2 aromatic rings. The minimum absolute atomic E-state index is 0.254. The van der Waals surface area contributed by atoms with Crippen LogP contribution in [-0.4, -0.2) is 57.1 Å². The van der Waals surface area contributed by atoms with Crippen LogP contribution in [0.25, 0.3) is 11.1 Å². The standard InChI is InChI=1S/C26H36ClFN4O2/c1-33-13-10-29-20-3-5-21(6-4-20)32-26-15-22(23(27)17-31-26)19-2-7-24(28)25(14-19)30-16-18-8-11-34-12-9-18/h2,7,14-15,17-18,20-21,29-30H,3-6,8-13,16H2,1H3,(H,31,32). The lowest BCUT2D eigenvalue weighted by molar-refractivity contribution is 0.0699. The Morgan fingerprint density at radius 2 is 1.85 bits per heavy atom. The van der Waals surface area contributed by atoms with E-state index in [1.807, 2.05) is 12.1 Å². The zero-order valence-corrected chi connectivity index (χ0v) is 20.7. The molecule has 2 heterocycles. The predicted octanol–water partition coefficient (Wildman–Crippen LogP) is 5.34. The van der Waals surface area contributed by atoms with Crippen LogP contribution in [0, 0.1) is 11.7 Å². The second-order valence-electron chi connectivity index (χ2n) is 9.32. The summed E-state index contributed by atoms with van der Waals surface area (Å²) in [5.74, 6) is 1.05. The minimum Gasteiger partial charge on any atom is -0.383 e. The Labute approximate surface area is 207 Å². The molecule has 34 heavy (non-hydrogen) atoms. The third-order valence-electron chi connectivity index (χ3n) is 6.87. The van der Waals surface area contributed by atoms with Crippen LogP contribution in [0.3, 0.4) is 0 Å². The highest BCUT2D eigenvalue weighted by Gasteiger charge is 2.21. The molecule has 2 aliphatic rings. The van der Waals surface area contributed by atoms with Gasteiger partial charge in [-0.05, 0) is 68.2 Å². The van der Waals surface area contributed by atoms with E-state index in [4.69, 9.17) is 21.1 Å². The van der Waals surface area contributed by atoms with Crippen LogP contribution in [-0.2, 0) is 9.47 Å². The number of pyridine rings is 1. The van der Waals surface area contributed by atoms with Crippen molar-refractivity contribution in [3.8, 4) is 11.1 Å². The molecule has 0 bridgehead atoms. The van der Waals surface area contributed by atoms with Gasteiger partial charge in [-0.2, -0.15) is 0 Å². The van der Waals surface area contributed by atoms with Crippen molar-refractivity contribution in [2.45, 2.75) is 50.6 Å². The van der Waals surface area contributed by atoms with Gasteiger partial charge in [0.25, 0.3) is 0 Å². The van der Waals surface area contributed by atoms with E-state index in [0.717, 1.165) is 88.4 Å². The van der Waals surface area contributed by atoms with E-state index in [9.17, 15) is 4.39 Å². The van der Waals surface area contributed by atoms with Crippen molar-refractivity contribution in [3.05, 3.63) is 41.3 Å². The molecule has 0 amide bonds. The van der Waals surface area contributed by atoms with Crippen molar-refractivity contribution in [1.82, 2.24) is 10.3 Å². The van der Waals surface area contributed by atoms with E-state index in [0.29, 0.717) is 28.7 Å². The first-order chi connectivity index (χ1) is 16.6. The molecule has 1 aliphatic heterocycles.